The number of nitrogens with two attached hydrogens (primary N) is 1. The van der Waals surface area contributed by atoms with Crippen molar-refractivity contribution in [2.75, 3.05) is 28.7 Å². The molecule has 0 radical (unpaired) electrons. The third kappa shape index (κ3) is 2.68. The van der Waals surface area contributed by atoms with Crippen molar-refractivity contribution in [2.24, 2.45) is 0 Å². The van der Waals surface area contributed by atoms with E-state index in [0.717, 1.165) is 5.69 Å². The highest BCUT2D eigenvalue weighted by molar-refractivity contribution is 7.91. The Balaban J connectivity index is 2.36. The number of rotatable bonds is 1. The van der Waals surface area contributed by atoms with Crippen molar-refractivity contribution in [1.29, 1.82) is 0 Å². The van der Waals surface area contributed by atoms with Crippen molar-refractivity contribution < 1.29 is 8.42 Å². The number of hydrogen-bond acceptors (Lipinski definition) is 4. The summed E-state index contributed by atoms with van der Waals surface area (Å²) in [5.41, 5.74) is 7.17. The van der Waals surface area contributed by atoms with Crippen LogP contribution < -0.4 is 10.6 Å². The van der Waals surface area contributed by atoms with Crippen molar-refractivity contribution in [1.82, 2.24) is 0 Å². The highest BCUT2D eigenvalue weighted by Gasteiger charge is 2.29. The summed E-state index contributed by atoms with van der Waals surface area (Å²) in [6, 6.07) is 3.16. The number of anilines is 2. The van der Waals surface area contributed by atoms with Crippen molar-refractivity contribution in [2.45, 2.75) is 13.0 Å². The van der Waals surface area contributed by atoms with Crippen LogP contribution in [0.1, 0.15) is 6.92 Å². The molecule has 1 aliphatic heterocycles. The fraction of sp³-hybridized carbons (Fsp3) is 0.455. The lowest BCUT2D eigenvalue weighted by Gasteiger charge is -2.36. The average Bonchev–Trinajstić information content (AvgIpc) is 2.23. The zero-order valence-electron chi connectivity index (χ0n) is 9.86. The van der Waals surface area contributed by atoms with Gasteiger partial charge in [0.05, 0.1) is 32.9 Å². The number of halogens is 2. The first-order chi connectivity index (χ1) is 8.30. The van der Waals surface area contributed by atoms with E-state index in [2.05, 4.69) is 0 Å². The van der Waals surface area contributed by atoms with Crippen LogP contribution in [0.15, 0.2) is 12.1 Å². The van der Waals surface area contributed by atoms with E-state index in [1.807, 2.05) is 11.8 Å². The molecule has 4 nitrogen and oxygen atoms in total. The monoisotopic (exact) mass is 308 g/mol. The van der Waals surface area contributed by atoms with E-state index < -0.39 is 9.84 Å². The van der Waals surface area contributed by atoms with Crippen LogP contribution in [0, 0.1) is 0 Å². The van der Waals surface area contributed by atoms with E-state index in [9.17, 15) is 8.42 Å². The summed E-state index contributed by atoms with van der Waals surface area (Å²) in [7, 11) is -2.95. The van der Waals surface area contributed by atoms with Gasteiger partial charge in [0.15, 0.2) is 9.84 Å². The smallest absolute Gasteiger partial charge is 0.154 e. The van der Waals surface area contributed by atoms with Crippen molar-refractivity contribution in [3.8, 4) is 0 Å². The van der Waals surface area contributed by atoms with Crippen molar-refractivity contribution in [3.63, 3.8) is 0 Å². The fourth-order valence-corrected chi connectivity index (χ4v) is 4.04. The van der Waals surface area contributed by atoms with Crippen LogP contribution in [0.3, 0.4) is 0 Å². The maximum absolute atomic E-state index is 11.5. The van der Waals surface area contributed by atoms with Gasteiger partial charge in [0.1, 0.15) is 0 Å². The molecule has 0 spiro atoms. The Kier molecular flexibility index (Phi) is 3.67. The normalized spacial score (nSPS) is 23.1. The van der Waals surface area contributed by atoms with E-state index in [1.54, 1.807) is 12.1 Å². The predicted molar refractivity (Wildman–Crippen MR) is 76.3 cm³/mol. The van der Waals surface area contributed by atoms with Gasteiger partial charge in [-0.2, -0.15) is 0 Å². The molecule has 7 heteroatoms. The lowest BCUT2D eigenvalue weighted by molar-refractivity contribution is 0.568. The predicted octanol–water partition coefficient (Wildman–Crippen LogP) is 2.20. The zero-order chi connectivity index (χ0) is 13.5. The zero-order valence-corrected chi connectivity index (χ0v) is 12.2. The fourth-order valence-electron chi connectivity index (χ4n) is 2.16. The molecule has 1 heterocycles. The summed E-state index contributed by atoms with van der Waals surface area (Å²) < 4.78 is 23.1. The van der Waals surface area contributed by atoms with Crippen LogP contribution in [-0.2, 0) is 9.84 Å². The van der Waals surface area contributed by atoms with Gasteiger partial charge in [-0.25, -0.2) is 8.42 Å². The van der Waals surface area contributed by atoms with Gasteiger partial charge in [-0.1, -0.05) is 23.2 Å². The van der Waals surface area contributed by atoms with Gasteiger partial charge in [0.2, 0.25) is 0 Å². The van der Waals surface area contributed by atoms with E-state index in [1.165, 1.54) is 0 Å². The second-order valence-electron chi connectivity index (χ2n) is 4.48. The Morgan fingerprint density at radius 3 is 2.56 bits per heavy atom. The summed E-state index contributed by atoms with van der Waals surface area (Å²) in [6.45, 7) is 2.28. The molecule has 1 atom stereocenters. The summed E-state index contributed by atoms with van der Waals surface area (Å²) in [6.07, 6.45) is 0. The Morgan fingerprint density at radius 2 is 1.94 bits per heavy atom. The Labute approximate surface area is 117 Å². The van der Waals surface area contributed by atoms with Crippen LogP contribution in [0.5, 0.6) is 0 Å². The van der Waals surface area contributed by atoms with Gasteiger partial charge in [0, 0.05) is 12.6 Å². The highest BCUT2D eigenvalue weighted by atomic mass is 35.5. The standard InChI is InChI=1S/C11H14Cl2N2O2S/c1-7-6-18(16,17)3-2-15(7)11-5-9(13)8(12)4-10(11)14/h4-5,7H,2-3,6,14H2,1H3. The number of benzene rings is 1. The summed E-state index contributed by atoms with van der Waals surface area (Å²) in [4.78, 5) is 1.96. The van der Waals surface area contributed by atoms with E-state index in [-0.39, 0.29) is 17.5 Å². The molecule has 1 fully saturated rings. The van der Waals surface area contributed by atoms with Crippen molar-refractivity contribution in [3.05, 3.63) is 22.2 Å². The summed E-state index contributed by atoms with van der Waals surface area (Å²) >= 11 is 11.9. The molecule has 1 aromatic rings. The Hall–Kier alpha value is -0.650. The Morgan fingerprint density at radius 1 is 1.33 bits per heavy atom. The van der Waals surface area contributed by atoms with E-state index >= 15 is 0 Å². The van der Waals surface area contributed by atoms with Gasteiger partial charge in [-0.05, 0) is 19.1 Å². The third-order valence-corrected chi connectivity index (χ3v) is 5.57. The van der Waals surface area contributed by atoms with E-state index in [0.29, 0.717) is 22.3 Å². The van der Waals surface area contributed by atoms with Gasteiger partial charge in [-0.15, -0.1) is 0 Å². The lowest BCUT2D eigenvalue weighted by Crippen LogP contribution is -2.47. The molecule has 1 unspecified atom stereocenters. The molecule has 1 saturated heterocycles. The summed E-state index contributed by atoms with van der Waals surface area (Å²) in [5, 5.41) is 0.816. The molecule has 100 valence electrons. The topological polar surface area (TPSA) is 63.4 Å². The maximum atomic E-state index is 11.5. The van der Waals surface area contributed by atoms with Crippen LogP contribution in [0.25, 0.3) is 0 Å². The van der Waals surface area contributed by atoms with Gasteiger partial charge in [0.25, 0.3) is 0 Å². The highest BCUT2D eigenvalue weighted by Crippen LogP contribution is 2.34. The first-order valence-electron chi connectivity index (χ1n) is 5.52. The molecular formula is C11H14Cl2N2O2S. The minimum absolute atomic E-state index is 0.122. The first kappa shape index (κ1) is 13.8. The van der Waals surface area contributed by atoms with Gasteiger partial charge >= 0.3 is 0 Å². The second kappa shape index (κ2) is 4.79. The molecule has 0 bridgehead atoms. The molecule has 2 rings (SSSR count). The SMILES string of the molecule is CC1CS(=O)(=O)CCN1c1cc(Cl)c(Cl)cc1N. The van der Waals surface area contributed by atoms with Crippen LogP contribution >= 0.6 is 23.2 Å². The molecule has 0 amide bonds. The Bertz CT molecular complexity index is 575. The molecule has 2 N–H and O–H groups in total. The average molecular weight is 309 g/mol. The molecule has 0 aliphatic carbocycles. The first-order valence-corrected chi connectivity index (χ1v) is 8.09. The molecule has 1 aliphatic rings. The molecule has 1 aromatic carbocycles. The van der Waals surface area contributed by atoms with Crippen LogP contribution in [-0.4, -0.2) is 32.5 Å². The summed E-state index contributed by atoms with van der Waals surface area (Å²) in [5.74, 6) is 0.268. The number of sulfone groups is 1. The molecular weight excluding hydrogens is 295 g/mol. The van der Waals surface area contributed by atoms with Crippen LogP contribution in [0.4, 0.5) is 11.4 Å². The number of hydrogen-bond donors (Lipinski definition) is 1. The van der Waals surface area contributed by atoms with Crippen molar-refractivity contribution >= 4 is 44.4 Å². The molecule has 0 aromatic heterocycles. The number of nitrogens with zero attached hydrogens (tertiary/aromatic N) is 1. The number of nitrogen functional groups attached to an aromatic ring is 1. The second-order valence-corrected chi connectivity index (χ2v) is 7.53. The molecule has 18 heavy (non-hydrogen) atoms. The minimum atomic E-state index is -2.95. The van der Waals surface area contributed by atoms with Gasteiger partial charge in [-0.3, -0.25) is 0 Å². The maximum Gasteiger partial charge on any atom is 0.154 e. The van der Waals surface area contributed by atoms with Gasteiger partial charge < -0.3 is 10.6 Å². The quantitative estimate of drug-likeness (QED) is 0.808. The third-order valence-electron chi connectivity index (χ3n) is 3.05. The minimum Gasteiger partial charge on any atom is -0.397 e. The van der Waals surface area contributed by atoms with E-state index in [4.69, 9.17) is 28.9 Å². The lowest BCUT2D eigenvalue weighted by atomic mass is 10.2. The van der Waals surface area contributed by atoms with Crippen LogP contribution in [0.2, 0.25) is 10.0 Å². The molecule has 0 saturated carbocycles. The largest absolute Gasteiger partial charge is 0.397 e.